The van der Waals surface area contributed by atoms with E-state index in [4.69, 9.17) is 33.2 Å². The molecule has 0 atom stereocenters. The number of nitriles is 1. The van der Waals surface area contributed by atoms with E-state index < -0.39 is 9.84 Å². The average molecular weight is 382 g/mol. The van der Waals surface area contributed by atoms with Crippen molar-refractivity contribution >= 4 is 39.1 Å². The first-order chi connectivity index (χ1) is 11.3. The Kier molecular flexibility index (Phi) is 5.89. The highest BCUT2D eigenvalue weighted by atomic mass is 35.5. The molecular formula is C17H13Cl2NO3S. The fourth-order valence-electron chi connectivity index (χ4n) is 1.91. The summed E-state index contributed by atoms with van der Waals surface area (Å²) in [6.45, 7) is 0.115. The van der Waals surface area contributed by atoms with Crippen LogP contribution in [0.1, 0.15) is 11.1 Å². The van der Waals surface area contributed by atoms with E-state index in [0.717, 1.165) is 6.26 Å². The molecule has 0 bridgehead atoms. The monoisotopic (exact) mass is 381 g/mol. The number of halogens is 2. The maximum absolute atomic E-state index is 11.6. The van der Waals surface area contributed by atoms with Gasteiger partial charge in [0.2, 0.25) is 0 Å². The van der Waals surface area contributed by atoms with Gasteiger partial charge in [-0.15, -0.1) is 0 Å². The van der Waals surface area contributed by atoms with E-state index in [0.29, 0.717) is 26.9 Å². The molecule has 0 N–H and O–H groups in total. The Morgan fingerprint density at radius 2 is 1.79 bits per heavy atom. The second kappa shape index (κ2) is 7.71. The molecule has 0 amide bonds. The maximum Gasteiger partial charge on any atom is 0.185 e. The standard InChI is InChI=1S/C17H13Cl2NO3S/c1-24(21,22)13(10-20)9-12-5-2-3-8-17(12)23-11-14-15(18)6-4-7-16(14)19/h2-9H,11H2,1H3. The quantitative estimate of drug-likeness (QED) is 0.715. The number of allylic oxidation sites excluding steroid dienone is 1. The van der Waals surface area contributed by atoms with Gasteiger partial charge in [-0.2, -0.15) is 5.26 Å². The maximum atomic E-state index is 11.6. The number of hydrogen-bond acceptors (Lipinski definition) is 4. The van der Waals surface area contributed by atoms with Crippen molar-refractivity contribution in [3.8, 4) is 11.8 Å². The molecule has 0 fully saturated rings. The summed E-state index contributed by atoms with van der Waals surface area (Å²) < 4.78 is 28.9. The van der Waals surface area contributed by atoms with E-state index in [-0.39, 0.29) is 11.5 Å². The van der Waals surface area contributed by atoms with E-state index in [2.05, 4.69) is 0 Å². The van der Waals surface area contributed by atoms with Gasteiger partial charge in [0, 0.05) is 27.4 Å². The molecule has 0 aliphatic heterocycles. The van der Waals surface area contributed by atoms with Gasteiger partial charge in [-0.25, -0.2) is 8.42 Å². The topological polar surface area (TPSA) is 67.2 Å². The van der Waals surface area contributed by atoms with Gasteiger partial charge in [0.25, 0.3) is 0 Å². The van der Waals surface area contributed by atoms with Gasteiger partial charge in [0.1, 0.15) is 23.3 Å². The highest BCUT2D eigenvalue weighted by molar-refractivity contribution is 7.95. The number of sulfone groups is 1. The predicted molar refractivity (Wildman–Crippen MR) is 95.7 cm³/mol. The first-order valence-corrected chi connectivity index (χ1v) is 9.44. The molecule has 24 heavy (non-hydrogen) atoms. The zero-order valence-electron chi connectivity index (χ0n) is 12.7. The molecule has 0 unspecified atom stereocenters. The zero-order valence-corrected chi connectivity index (χ0v) is 15.0. The van der Waals surface area contributed by atoms with Crippen molar-refractivity contribution in [3.05, 3.63) is 68.5 Å². The summed E-state index contributed by atoms with van der Waals surface area (Å²) in [5, 5.41) is 9.97. The Hall–Kier alpha value is -2.00. The van der Waals surface area contributed by atoms with Crippen LogP contribution in [0.5, 0.6) is 5.75 Å². The number of benzene rings is 2. The summed E-state index contributed by atoms with van der Waals surface area (Å²) in [6.07, 6.45) is 2.26. The molecule has 7 heteroatoms. The lowest BCUT2D eigenvalue weighted by Gasteiger charge is -2.11. The molecule has 4 nitrogen and oxygen atoms in total. The van der Waals surface area contributed by atoms with Crippen LogP contribution in [-0.4, -0.2) is 14.7 Å². The number of rotatable bonds is 5. The third-order valence-corrected chi connectivity index (χ3v) is 4.87. The van der Waals surface area contributed by atoms with Crippen LogP contribution in [0, 0.1) is 11.3 Å². The summed E-state index contributed by atoms with van der Waals surface area (Å²) in [5.74, 6) is 0.421. The summed E-state index contributed by atoms with van der Waals surface area (Å²) in [5.41, 5.74) is 1.10. The Bertz CT molecular complexity index is 911. The molecule has 0 radical (unpaired) electrons. The van der Waals surface area contributed by atoms with Crippen molar-refractivity contribution in [2.24, 2.45) is 0 Å². The SMILES string of the molecule is CS(=O)(=O)C(C#N)=Cc1ccccc1OCc1c(Cl)cccc1Cl. The normalized spacial score (nSPS) is 11.8. The Morgan fingerprint density at radius 3 is 2.38 bits per heavy atom. The molecule has 0 saturated carbocycles. The molecule has 0 aromatic heterocycles. The van der Waals surface area contributed by atoms with E-state index in [1.54, 1.807) is 48.5 Å². The minimum atomic E-state index is -3.61. The van der Waals surface area contributed by atoms with Gasteiger partial charge in [-0.05, 0) is 24.3 Å². The van der Waals surface area contributed by atoms with Gasteiger partial charge >= 0.3 is 0 Å². The van der Waals surface area contributed by atoms with Crippen molar-refractivity contribution in [3.63, 3.8) is 0 Å². The summed E-state index contributed by atoms with van der Waals surface area (Å²) in [6, 6.07) is 13.6. The largest absolute Gasteiger partial charge is 0.488 e. The molecule has 2 aromatic rings. The molecule has 2 rings (SSSR count). The van der Waals surface area contributed by atoms with Gasteiger partial charge < -0.3 is 4.74 Å². The van der Waals surface area contributed by atoms with Crippen LogP contribution in [-0.2, 0) is 16.4 Å². The smallest absolute Gasteiger partial charge is 0.185 e. The summed E-state index contributed by atoms with van der Waals surface area (Å²) in [4.78, 5) is -0.339. The van der Waals surface area contributed by atoms with Crippen LogP contribution in [0.3, 0.4) is 0 Å². The molecule has 124 valence electrons. The first kappa shape index (κ1) is 18.3. The van der Waals surface area contributed by atoms with E-state index in [1.165, 1.54) is 6.08 Å². The first-order valence-electron chi connectivity index (χ1n) is 6.79. The highest BCUT2D eigenvalue weighted by Gasteiger charge is 2.13. The minimum absolute atomic E-state index is 0.115. The van der Waals surface area contributed by atoms with Crippen molar-refractivity contribution in [2.45, 2.75) is 6.61 Å². The molecule has 0 aliphatic carbocycles. The molecule has 0 spiro atoms. The van der Waals surface area contributed by atoms with Crippen molar-refractivity contribution < 1.29 is 13.2 Å². The van der Waals surface area contributed by atoms with E-state index >= 15 is 0 Å². The fraction of sp³-hybridized carbons (Fsp3) is 0.118. The van der Waals surface area contributed by atoms with Crippen molar-refractivity contribution in [1.29, 1.82) is 5.26 Å². The predicted octanol–water partition coefficient (Wildman–Crippen LogP) is 4.48. The second-order valence-corrected chi connectivity index (χ2v) is 7.72. The molecule has 0 heterocycles. The lowest BCUT2D eigenvalue weighted by atomic mass is 10.2. The lowest BCUT2D eigenvalue weighted by molar-refractivity contribution is 0.306. The summed E-state index contributed by atoms with van der Waals surface area (Å²) in [7, 11) is -3.61. The van der Waals surface area contributed by atoms with Crippen LogP contribution in [0.15, 0.2) is 47.4 Å². The average Bonchev–Trinajstić information content (AvgIpc) is 2.52. The van der Waals surface area contributed by atoms with Crippen LogP contribution in [0.2, 0.25) is 10.0 Å². The van der Waals surface area contributed by atoms with Gasteiger partial charge in [-0.1, -0.05) is 47.5 Å². The minimum Gasteiger partial charge on any atom is -0.488 e. The van der Waals surface area contributed by atoms with Crippen molar-refractivity contribution in [2.75, 3.05) is 6.26 Å². The van der Waals surface area contributed by atoms with E-state index in [1.807, 2.05) is 0 Å². The highest BCUT2D eigenvalue weighted by Crippen LogP contribution is 2.28. The lowest BCUT2D eigenvalue weighted by Crippen LogP contribution is -2.01. The zero-order chi connectivity index (χ0) is 17.7. The van der Waals surface area contributed by atoms with E-state index in [9.17, 15) is 8.42 Å². The van der Waals surface area contributed by atoms with Crippen LogP contribution < -0.4 is 4.74 Å². The Morgan fingerprint density at radius 1 is 1.17 bits per heavy atom. The third kappa shape index (κ3) is 4.51. The van der Waals surface area contributed by atoms with Crippen LogP contribution >= 0.6 is 23.2 Å². The Balaban J connectivity index is 2.34. The van der Waals surface area contributed by atoms with Crippen LogP contribution in [0.25, 0.3) is 6.08 Å². The number of nitrogens with zero attached hydrogens (tertiary/aromatic N) is 1. The second-order valence-electron chi connectivity index (χ2n) is 4.92. The van der Waals surface area contributed by atoms with Gasteiger partial charge in [0.15, 0.2) is 9.84 Å². The molecule has 0 saturated heterocycles. The fourth-order valence-corrected chi connectivity index (χ4v) is 2.93. The third-order valence-electron chi connectivity index (χ3n) is 3.15. The Labute approximate surface area is 150 Å². The number of ether oxygens (including phenoxy) is 1. The van der Waals surface area contributed by atoms with Crippen molar-refractivity contribution in [1.82, 2.24) is 0 Å². The summed E-state index contributed by atoms with van der Waals surface area (Å²) >= 11 is 12.2. The number of hydrogen-bond donors (Lipinski definition) is 0. The van der Waals surface area contributed by atoms with Crippen LogP contribution in [0.4, 0.5) is 0 Å². The number of para-hydroxylation sites is 1. The van der Waals surface area contributed by atoms with Gasteiger partial charge in [-0.3, -0.25) is 0 Å². The molecule has 2 aromatic carbocycles. The molecular weight excluding hydrogens is 369 g/mol. The van der Waals surface area contributed by atoms with Gasteiger partial charge in [0.05, 0.1) is 0 Å². The molecule has 0 aliphatic rings.